The van der Waals surface area contributed by atoms with E-state index in [1.807, 2.05) is 0 Å². The molecule has 0 saturated heterocycles. The van der Waals surface area contributed by atoms with Crippen LogP contribution < -0.4 is 5.32 Å². The van der Waals surface area contributed by atoms with Crippen LogP contribution in [0.15, 0.2) is 24.3 Å². The molecule has 1 aromatic heterocycles. The van der Waals surface area contributed by atoms with E-state index >= 15 is 0 Å². The van der Waals surface area contributed by atoms with Gasteiger partial charge >= 0.3 is 5.97 Å². The second kappa shape index (κ2) is 7.95. The van der Waals surface area contributed by atoms with Crippen LogP contribution in [-0.2, 0) is 9.53 Å². The molecule has 0 radical (unpaired) electrons. The topological polar surface area (TPSA) is 88.3 Å². The molecule has 1 heterocycles. The van der Waals surface area contributed by atoms with Crippen LogP contribution in [0.25, 0.3) is 0 Å². The number of rotatable bonds is 6. The van der Waals surface area contributed by atoms with Crippen molar-refractivity contribution >= 4 is 17.7 Å². The maximum Gasteiger partial charge on any atom is 0.355 e. The second-order valence-electron chi connectivity index (χ2n) is 6.10. The lowest BCUT2D eigenvalue weighted by molar-refractivity contribution is -0.124. The number of nitrogens with one attached hydrogen (secondary N) is 2. The first-order valence-corrected chi connectivity index (χ1v) is 8.12. The number of ketones is 1. The largest absolute Gasteiger partial charge is 0.451 e. The number of ether oxygens (including phenoxy) is 1. The quantitative estimate of drug-likeness (QED) is 0.612. The number of benzene rings is 1. The van der Waals surface area contributed by atoms with Crippen LogP contribution in [0.1, 0.15) is 57.6 Å². The van der Waals surface area contributed by atoms with E-state index < -0.39 is 18.5 Å². The van der Waals surface area contributed by atoms with E-state index in [0.717, 1.165) is 5.56 Å². The van der Waals surface area contributed by atoms with E-state index in [0.29, 0.717) is 16.8 Å². The summed E-state index contributed by atoms with van der Waals surface area (Å²) in [7, 11) is 0. The van der Waals surface area contributed by atoms with Crippen molar-refractivity contribution in [1.29, 1.82) is 0 Å². The second-order valence-corrected chi connectivity index (χ2v) is 6.10. The summed E-state index contributed by atoms with van der Waals surface area (Å²) in [5, 5.41) is 2.67. The SMILES string of the molecule is CC(=O)c1c(C)[nH]c(C(=O)OCC(=O)NC(C)c2ccc(F)cc2)c1C. The third kappa shape index (κ3) is 4.36. The van der Waals surface area contributed by atoms with Gasteiger partial charge in [0, 0.05) is 11.3 Å². The number of H-pyrrole nitrogens is 1. The first-order valence-electron chi connectivity index (χ1n) is 8.12. The summed E-state index contributed by atoms with van der Waals surface area (Å²) in [5.41, 5.74) is 2.42. The molecule has 2 N–H and O–H groups in total. The van der Waals surface area contributed by atoms with Gasteiger partial charge in [0.15, 0.2) is 12.4 Å². The fraction of sp³-hybridized carbons (Fsp3) is 0.316. The lowest BCUT2D eigenvalue weighted by atomic mass is 10.1. The highest BCUT2D eigenvalue weighted by Gasteiger charge is 2.21. The molecule has 0 saturated carbocycles. The predicted octanol–water partition coefficient (Wildman–Crippen LogP) is 3.01. The monoisotopic (exact) mass is 360 g/mol. The summed E-state index contributed by atoms with van der Waals surface area (Å²) in [4.78, 5) is 38.6. The molecule has 1 amide bonds. The van der Waals surface area contributed by atoms with E-state index in [4.69, 9.17) is 4.74 Å². The molecule has 2 rings (SSSR count). The Morgan fingerprint density at radius 2 is 1.81 bits per heavy atom. The number of hydrogen-bond donors (Lipinski definition) is 2. The van der Waals surface area contributed by atoms with Crippen LogP contribution in [0.3, 0.4) is 0 Å². The summed E-state index contributed by atoms with van der Waals surface area (Å²) < 4.78 is 17.9. The van der Waals surface area contributed by atoms with Gasteiger partial charge in [0.05, 0.1) is 6.04 Å². The Balaban J connectivity index is 1.95. The number of Topliss-reactive ketones (excluding diaryl/α,β-unsaturated/α-hetero) is 1. The van der Waals surface area contributed by atoms with Gasteiger partial charge in [0.1, 0.15) is 11.5 Å². The zero-order valence-electron chi connectivity index (χ0n) is 15.1. The standard InChI is InChI=1S/C19H21FN2O4/c1-10-17(13(4)23)12(3)22-18(10)19(25)26-9-16(24)21-11(2)14-5-7-15(20)8-6-14/h5-8,11,22H,9H2,1-4H3,(H,21,24). The van der Waals surface area contributed by atoms with Crippen LogP contribution in [-0.4, -0.2) is 29.3 Å². The highest BCUT2D eigenvalue weighted by atomic mass is 19.1. The number of aromatic amines is 1. The minimum absolute atomic E-state index is 0.152. The van der Waals surface area contributed by atoms with E-state index in [1.165, 1.54) is 19.1 Å². The molecule has 0 aliphatic carbocycles. The van der Waals surface area contributed by atoms with Crippen LogP contribution in [0, 0.1) is 19.7 Å². The normalized spacial score (nSPS) is 11.7. The minimum atomic E-state index is -0.706. The van der Waals surface area contributed by atoms with Crippen molar-refractivity contribution in [1.82, 2.24) is 10.3 Å². The Hall–Kier alpha value is -2.96. The van der Waals surface area contributed by atoms with Crippen molar-refractivity contribution < 1.29 is 23.5 Å². The molecule has 26 heavy (non-hydrogen) atoms. The fourth-order valence-electron chi connectivity index (χ4n) is 2.80. The van der Waals surface area contributed by atoms with Crippen LogP contribution in [0.5, 0.6) is 0 Å². The minimum Gasteiger partial charge on any atom is -0.451 e. The lowest BCUT2D eigenvalue weighted by Gasteiger charge is -2.14. The highest BCUT2D eigenvalue weighted by Crippen LogP contribution is 2.19. The van der Waals surface area contributed by atoms with Gasteiger partial charge in [-0.25, -0.2) is 9.18 Å². The Morgan fingerprint density at radius 3 is 2.35 bits per heavy atom. The van der Waals surface area contributed by atoms with Crippen molar-refractivity contribution in [2.24, 2.45) is 0 Å². The summed E-state index contributed by atoms with van der Waals surface area (Å²) in [6.45, 7) is 6.04. The molecule has 2 aromatic rings. The van der Waals surface area contributed by atoms with Gasteiger partial charge in [-0.3, -0.25) is 9.59 Å². The molecule has 1 atom stereocenters. The van der Waals surface area contributed by atoms with Crippen LogP contribution >= 0.6 is 0 Å². The average Bonchev–Trinajstić information content (AvgIpc) is 2.87. The van der Waals surface area contributed by atoms with Gasteiger partial charge in [-0.15, -0.1) is 0 Å². The van der Waals surface area contributed by atoms with Crippen molar-refractivity contribution in [3.63, 3.8) is 0 Å². The smallest absolute Gasteiger partial charge is 0.355 e. The maximum absolute atomic E-state index is 12.9. The lowest BCUT2D eigenvalue weighted by Crippen LogP contribution is -2.31. The molecular formula is C19H21FN2O4. The molecule has 0 bridgehead atoms. The molecule has 0 aliphatic heterocycles. The predicted molar refractivity (Wildman–Crippen MR) is 93.5 cm³/mol. The number of aromatic nitrogens is 1. The van der Waals surface area contributed by atoms with Crippen molar-refractivity contribution in [3.05, 3.63) is 58.2 Å². The van der Waals surface area contributed by atoms with Crippen LogP contribution in [0.2, 0.25) is 0 Å². The number of carbonyl (C=O) groups is 3. The summed E-state index contributed by atoms with van der Waals surface area (Å²) >= 11 is 0. The maximum atomic E-state index is 12.9. The van der Waals surface area contributed by atoms with Crippen molar-refractivity contribution in [2.75, 3.05) is 6.61 Å². The van der Waals surface area contributed by atoms with E-state index in [9.17, 15) is 18.8 Å². The number of aryl methyl sites for hydroxylation is 1. The van der Waals surface area contributed by atoms with E-state index in [1.54, 1.807) is 32.9 Å². The first-order chi connectivity index (χ1) is 12.2. The molecule has 1 unspecified atom stereocenters. The van der Waals surface area contributed by atoms with Crippen LogP contribution in [0.4, 0.5) is 4.39 Å². The molecule has 0 fully saturated rings. The number of amides is 1. The third-order valence-electron chi connectivity index (χ3n) is 4.08. The molecule has 7 heteroatoms. The van der Waals surface area contributed by atoms with E-state index in [2.05, 4.69) is 10.3 Å². The number of carbonyl (C=O) groups excluding carboxylic acids is 3. The van der Waals surface area contributed by atoms with Gasteiger partial charge in [0.25, 0.3) is 5.91 Å². The van der Waals surface area contributed by atoms with Gasteiger partial charge in [-0.05, 0) is 51.0 Å². The number of halogens is 1. The van der Waals surface area contributed by atoms with Gasteiger partial charge < -0.3 is 15.0 Å². The third-order valence-corrected chi connectivity index (χ3v) is 4.08. The van der Waals surface area contributed by atoms with Gasteiger partial charge in [-0.1, -0.05) is 12.1 Å². The average molecular weight is 360 g/mol. The summed E-state index contributed by atoms with van der Waals surface area (Å²) in [5.74, 6) is -1.70. The Labute approximate surface area is 150 Å². The van der Waals surface area contributed by atoms with Crippen molar-refractivity contribution in [3.8, 4) is 0 Å². The van der Waals surface area contributed by atoms with Gasteiger partial charge in [-0.2, -0.15) is 0 Å². The Bertz CT molecular complexity index is 840. The number of hydrogen-bond acceptors (Lipinski definition) is 4. The zero-order chi connectivity index (χ0) is 19.4. The molecule has 138 valence electrons. The molecule has 1 aromatic carbocycles. The Kier molecular flexibility index (Phi) is 5.92. The highest BCUT2D eigenvalue weighted by molar-refractivity contribution is 6.01. The number of esters is 1. The van der Waals surface area contributed by atoms with Crippen molar-refractivity contribution in [2.45, 2.75) is 33.7 Å². The molecule has 6 nitrogen and oxygen atoms in total. The fourth-order valence-corrected chi connectivity index (χ4v) is 2.80. The molecule has 0 spiro atoms. The first kappa shape index (κ1) is 19.4. The van der Waals surface area contributed by atoms with Gasteiger partial charge in [0.2, 0.25) is 0 Å². The summed E-state index contributed by atoms with van der Waals surface area (Å²) in [6.07, 6.45) is 0. The van der Waals surface area contributed by atoms with E-state index in [-0.39, 0.29) is 23.3 Å². The molecule has 0 aliphatic rings. The molecular weight excluding hydrogens is 339 g/mol. The summed E-state index contributed by atoms with van der Waals surface area (Å²) in [6, 6.07) is 5.39. The zero-order valence-corrected chi connectivity index (χ0v) is 15.1. The Morgan fingerprint density at radius 1 is 1.19 bits per heavy atom.